The fourth-order valence-corrected chi connectivity index (χ4v) is 5.87. The van der Waals surface area contributed by atoms with Gasteiger partial charge in [-0.2, -0.15) is 0 Å². The lowest BCUT2D eigenvalue weighted by molar-refractivity contribution is -0.116. The molecule has 0 aliphatic carbocycles. The van der Waals surface area contributed by atoms with E-state index in [1.54, 1.807) is 97.1 Å². The Morgan fingerprint density at radius 2 is 1.39 bits per heavy atom. The van der Waals surface area contributed by atoms with Crippen LogP contribution in [0.15, 0.2) is 144 Å². The number of amides is 4. The number of ether oxygens (including phenoxy) is 1. The summed E-state index contributed by atoms with van der Waals surface area (Å²) in [5.74, 6) is -1.38. The van der Waals surface area contributed by atoms with Crippen LogP contribution in [0.4, 0.5) is 11.4 Å². The maximum absolute atomic E-state index is 13.6. The number of primary amides is 1. The molecule has 0 saturated carbocycles. The molecule has 5 rings (SSSR count). The van der Waals surface area contributed by atoms with Gasteiger partial charge in [-0.15, -0.1) is 11.8 Å². The van der Waals surface area contributed by atoms with E-state index in [0.717, 1.165) is 10.5 Å². The van der Waals surface area contributed by atoms with Crippen molar-refractivity contribution >= 4 is 52.8 Å². The van der Waals surface area contributed by atoms with Gasteiger partial charge in [0.2, 0.25) is 5.91 Å². The average Bonchev–Trinajstić information content (AvgIpc) is 3.12. The molecule has 0 spiro atoms. The highest BCUT2D eigenvalue weighted by molar-refractivity contribution is 8.00. The van der Waals surface area contributed by atoms with Gasteiger partial charge in [-0.25, -0.2) is 0 Å². The first kappa shape index (κ1) is 34.2. The lowest BCUT2D eigenvalue weighted by Crippen LogP contribution is -2.30. The van der Waals surface area contributed by atoms with Crippen molar-refractivity contribution in [1.29, 1.82) is 0 Å². The summed E-state index contributed by atoms with van der Waals surface area (Å²) in [5, 5.41) is 7.79. The first-order chi connectivity index (χ1) is 23.8. The minimum absolute atomic E-state index is 0.0245. The highest BCUT2D eigenvalue weighted by Gasteiger charge is 2.24. The Morgan fingerprint density at radius 3 is 2.08 bits per heavy atom. The minimum atomic E-state index is -0.671. The molecule has 0 aliphatic rings. The number of anilines is 2. The summed E-state index contributed by atoms with van der Waals surface area (Å²) < 4.78 is 5.73. The number of para-hydroxylation sites is 2. The minimum Gasteiger partial charge on any atom is -0.493 e. The van der Waals surface area contributed by atoms with Crippen LogP contribution in [-0.4, -0.2) is 30.2 Å². The van der Waals surface area contributed by atoms with Crippen LogP contribution in [0.5, 0.6) is 5.75 Å². The van der Waals surface area contributed by atoms with Crippen molar-refractivity contribution in [3.63, 3.8) is 0 Å². The fraction of sp³-hybridized carbons (Fsp3) is 0.0769. The topological polar surface area (TPSA) is 140 Å². The summed E-state index contributed by atoms with van der Waals surface area (Å²) in [4.78, 5) is 53.0. The Hall–Kier alpha value is -6.13. The van der Waals surface area contributed by atoms with E-state index in [1.807, 2.05) is 49.4 Å². The zero-order chi connectivity index (χ0) is 34.6. The Bertz CT molecular complexity index is 1970. The van der Waals surface area contributed by atoms with Crippen LogP contribution in [0.25, 0.3) is 6.08 Å². The van der Waals surface area contributed by atoms with E-state index in [1.165, 1.54) is 11.8 Å². The van der Waals surface area contributed by atoms with Crippen molar-refractivity contribution < 1.29 is 23.9 Å². The summed E-state index contributed by atoms with van der Waals surface area (Å²) in [6.45, 7) is 2.30. The molecule has 1 unspecified atom stereocenters. The molecule has 0 bridgehead atoms. The van der Waals surface area contributed by atoms with Crippen molar-refractivity contribution in [2.75, 3.05) is 17.2 Å². The van der Waals surface area contributed by atoms with Crippen molar-refractivity contribution in [1.82, 2.24) is 5.32 Å². The van der Waals surface area contributed by atoms with Crippen LogP contribution in [0.1, 0.15) is 44.0 Å². The van der Waals surface area contributed by atoms with Crippen molar-refractivity contribution in [2.45, 2.75) is 17.1 Å². The Labute approximate surface area is 288 Å². The maximum Gasteiger partial charge on any atom is 0.272 e. The fourth-order valence-electron chi connectivity index (χ4n) is 4.84. The molecule has 4 amide bonds. The average molecular weight is 671 g/mol. The first-order valence-electron chi connectivity index (χ1n) is 15.4. The van der Waals surface area contributed by atoms with Crippen molar-refractivity contribution in [2.24, 2.45) is 5.73 Å². The van der Waals surface area contributed by atoms with Gasteiger partial charge in [0.25, 0.3) is 17.7 Å². The SMILES string of the molecule is CCOc1ccccc1/C=C(\NC(=O)c1ccccc1)C(=O)Nc1ccc(SC(C(=O)Nc2ccccc2C(N)=O)c2ccccc2)cc1. The molecule has 5 aromatic carbocycles. The largest absolute Gasteiger partial charge is 0.493 e. The molecule has 246 valence electrons. The summed E-state index contributed by atoms with van der Waals surface area (Å²) in [6.07, 6.45) is 1.57. The third-order valence-electron chi connectivity index (χ3n) is 7.20. The van der Waals surface area contributed by atoms with Crippen LogP contribution in [0.2, 0.25) is 0 Å². The third-order valence-corrected chi connectivity index (χ3v) is 8.47. The van der Waals surface area contributed by atoms with Gasteiger partial charge in [-0.3, -0.25) is 19.2 Å². The van der Waals surface area contributed by atoms with Gasteiger partial charge >= 0.3 is 0 Å². The standard InChI is InChI=1S/C39H34N4O5S/c1-2-48-34-20-12-9-17-28(34)25-33(43-37(45)27-15-7-4-8-16-27)38(46)41-29-21-23-30(24-22-29)49-35(26-13-5-3-6-14-26)39(47)42-32-19-11-10-18-31(32)36(40)44/h3-25,35H,2H2,1H3,(H2,40,44)(H,41,46)(H,42,47)(H,43,45)/b33-25-. The number of carbonyl (C=O) groups is 4. The molecule has 9 nitrogen and oxygen atoms in total. The molecular formula is C39H34N4O5S. The number of hydrogen-bond donors (Lipinski definition) is 4. The van der Waals surface area contributed by atoms with E-state index < -0.39 is 23.0 Å². The van der Waals surface area contributed by atoms with Crippen molar-refractivity contribution in [3.05, 3.63) is 161 Å². The summed E-state index contributed by atoms with van der Waals surface area (Å²) in [6, 6.07) is 38.7. The van der Waals surface area contributed by atoms with Gasteiger partial charge in [0.1, 0.15) is 16.7 Å². The second kappa shape index (κ2) is 16.6. The molecule has 0 saturated heterocycles. The molecular weight excluding hydrogens is 637 g/mol. The van der Waals surface area contributed by atoms with Crippen LogP contribution in [0.3, 0.4) is 0 Å². The van der Waals surface area contributed by atoms with Crippen LogP contribution < -0.4 is 26.4 Å². The molecule has 1 atom stereocenters. The third kappa shape index (κ3) is 9.24. The Morgan fingerprint density at radius 1 is 0.755 bits per heavy atom. The van der Waals surface area contributed by atoms with E-state index in [4.69, 9.17) is 10.5 Å². The van der Waals surface area contributed by atoms with Gasteiger partial charge in [0.05, 0.1) is 17.9 Å². The highest BCUT2D eigenvalue weighted by Crippen LogP contribution is 2.37. The quantitative estimate of drug-likeness (QED) is 0.0781. The molecule has 0 radical (unpaired) electrons. The van der Waals surface area contributed by atoms with E-state index in [2.05, 4.69) is 16.0 Å². The first-order valence-corrected chi connectivity index (χ1v) is 16.3. The number of rotatable bonds is 13. The zero-order valence-electron chi connectivity index (χ0n) is 26.6. The summed E-state index contributed by atoms with van der Waals surface area (Å²) >= 11 is 1.31. The van der Waals surface area contributed by atoms with Gasteiger partial charge in [0, 0.05) is 21.7 Å². The second-order valence-electron chi connectivity index (χ2n) is 10.6. The molecule has 0 aliphatic heterocycles. The smallest absolute Gasteiger partial charge is 0.272 e. The van der Waals surface area contributed by atoms with E-state index in [9.17, 15) is 19.2 Å². The van der Waals surface area contributed by atoms with Gasteiger partial charge in [-0.05, 0) is 73.2 Å². The lowest BCUT2D eigenvalue weighted by Gasteiger charge is -2.18. The molecule has 5 aromatic rings. The number of thioether (sulfide) groups is 1. The molecule has 0 heterocycles. The number of nitrogens with two attached hydrogens (primary N) is 1. The number of hydrogen-bond acceptors (Lipinski definition) is 6. The number of nitrogens with one attached hydrogen (secondary N) is 3. The van der Waals surface area contributed by atoms with E-state index in [0.29, 0.717) is 34.9 Å². The predicted octanol–water partition coefficient (Wildman–Crippen LogP) is 7.07. The number of carbonyl (C=O) groups excluding carboxylic acids is 4. The van der Waals surface area contributed by atoms with E-state index >= 15 is 0 Å². The lowest BCUT2D eigenvalue weighted by atomic mass is 10.1. The molecule has 10 heteroatoms. The molecule has 0 aromatic heterocycles. The second-order valence-corrected chi connectivity index (χ2v) is 11.8. The Kier molecular flexibility index (Phi) is 11.6. The Balaban J connectivity index is 1.36. The summed E-state index contributed by atoms with van der Waals surface area (Å²) in [5.41, 5.74) is 8.34. The predicted molar refractivity (Wildman–Crippen MR) is 193 cm³/mol. The van der Waals surface area contributed by atoms with Crippen LogP contribution in [0, 0.1) is 0 Å². The van der Waals surface area contributed by atoms with Crippen molar-refractivity contribution in [3.8, 4) is 5.75 Å². The number of benzene rings is 5. The molecule has 5 N–H and O–H groups in total. The van der Waals surface area contributed by atoms with Crippen LogP contribution in [-0.2, 0) is 9.59 Å². The monoisotopic (exact) mass is 670 g/mol. The van der Waals surface area contributed by atoms with Gasteiger partial charge < -0.3 is 26.4 Å². The molecule has 49 heavy (non-hydrogen) atoms. The van der Waals surface area contributed by atoms with Gasteiger partial charge in [-0.1, -0.05) is 78.9 Å². The van der Waals surface area contributed by atoms with Gasteiger partial charge in [0.15, 0.2) is 0 Å². The van der Waals surface area contributed by atoms with E-state index in [-0.39, 0.29) is 17.2 Å². The maximum atomic E-state index is 13.6. The highest BCUT2D eigenvalue weighted by atomic mass is 32.2. The summed E-state index contributed by atoms with van der Waals surface area (Å²) in [7, 11) is 0. The molecule has 0 fully saturated rings. The van der Waals surface area contributed by atoms with Crippen LogP contribution >= 0.6 is 11.8 Å². The normalized spacial score (nSPS) is 11.6. The zero-order valence-corrected chi connectivity index (χ0v) is 27.4.